The molecule has 2 aromatic rings. The van der Waals surface area contributed by atoms with Crippen LogP contribution < -0.4 is 4.74 Å². The van der Waals surface area contributed by atoms with Crippen LogP contribution in [0.5, 0.6) is 11.5 Å². The van der Waals surface area contributed by atoms with Gasteiger partial charge in [0.1, 0.15) is 18.1 Å². The summed E-state index contributed by atoms with van der Waals surface area (Å²) in [5.74, 6) is 1.71. The fourth-order valence-corrected chi connectivity index (χ4v) is 5.01. The zero-order valence-corrected chi connectivity index (χ0v) is 18.7. The molecular weight excluding hydrogens is 437 g/mol. The molecule has 3 aliphatic rings. The Bertz CT molecular complexity index is 979. The maximum atomic E-state index is 11.7. The number of benzene rings is 2. The lowest BCUT2D eigenvalue weighted by Gasteiger charge is -2.39. The minimum Gasteiger partial charge on any atom is -0.457 e. The predicted octanol–water partition coefficient (Wildman–Crippen LogP) is 4.45. The van der Waals surface area contributed by atoms with Crippen LogP contribution in [0.25, 0.3) is 0 Å². The highest BCUT2D eigenvalue weighted by molar-refractivity contribution is 6.31. The third-order valence-corrected chi connectivity index (χ3v) is 6.84. The number of rotatable bonds is 4. The number of hydrogen-bond donors (Lipinski definition) is 0. The number of piperazine rings is 1. The summed E-state index contributed by atoms with van der Waals surface area (Å²) in [5.41, 5.74) is 2.23. The van der Waals surface area contributed by atoms with Crippen molar-refractivity contribution in [3.63, 3.8) is 0 Å². The van der Waals surface area contributed by atoms with E-state index >= 15 is 0 Å². The number of ether oxygens (including phenoxy) is 2. The van der Waals surface area contributed by atoms with E-state index in [-0.39, 0.29) is 12.1 Å². The number of carbonyl (C=O) groups is 1. The summed E-state index contributed by atoms with van der Waals surface area (Å²) in [4.78, 5) is 18.4. The average molecular weight is 462 g/mol. The standard InChI is InChI=1S/C23H25Cl2N3O3/c24-17-1-3-21-16(13-17)14-20(19-15-18(25)2-4-22(19)31-21)27-8-5-26(6-9-27)7-10-28-11-12-30-23(28)29/h1-4,13,15,20H,5-12,14H2. The van der Waals surface area contributed by atoms with Crippen molar-refractivity contribution < 1.29 is 14.3 Å². The molecule has 0 aromatic heterocycles. The molecular formula is C23H25Cl2N3O3. The number of cyclic esters (lactones) is 1. The molecule has 2 saturated heterocycles. The zero-order chi connectivity index (χ0) is 21.4. The smallest absolute Gasteiger partial charge is 0.409 e. The van der Waals surface area contributed by atoms with E-state index in [2.05, 4.69) is 9.80 Å². The molecule has 31 heavy (non-hydrogen) atoms. The van der Waals surface area contributed by atoms with Gasteiger partial charge in [-0.1, -0.05) is 23.2 Å². The molecule has 0 aliphatic carbocycles. The first-order chi connectivity index (χ1) is 15.1. The molecule has 6 nitrogen and oxygen atoms in total. The lowest BCUT2D eigenvalue weighted by Crippen LogP contribution is -2.49. The molecule has 0 saturated carbocycles. The summed E-state index contributed by atoms with van der Waals surface area (Å²) in [6.45, 7) is 6.59. The second kappa shape index (κ2) is 8.87. The van der Waals surface area contributed by atoms with Gasteiger partial charge in [-0.05, 0) is 48.4 Å². The Hall–Kier alpha value is -1.99. The average Bonchev–Trinajstić information content (AvgIpc) is 3.11. The van der Waals surface area contributed by atoms with Gasteiger partial charge in [-0.3, -0.25) is 9.80 Å². The second-order valence-corrected chi connectivity index (χ2v) is 9.11. The molecule has 164 valence electrons. The minimum absolute atomic E-state index is 0.170. The summed E-state index contributed by atoms with van der Waals surface area (Å²) in [7, 11) is 0. The summed E-state index contributed by atoms with van der Waals surface area (Å²) < 4.78 is 11.3. The van der Waals surface area contributed by atoms with Gasteiger partial charge in [-0.2, -0.15) is 0 Å². The van der Waals surface area contributed by atoms with Gasteiger partial charge >= 0.3 is 6.09 Å². The van der Waals surface area contributed by atoms with Crippen LogP contribution in [0.3, 0.4) is 0 Å². The maximum absolute atomic E-state index is 11.7. The monoisotopic (exact) mass is 461 g/mol. The van der Waals surface area contributed by atoms with E-state index in [4.69, 9.17) is 32.7 Å². The Kier molecular flexibility index (Phi) is 5.97. The van der Waals surface area contributed by atoms with Crippen molar-refractivity contribution in [2.24, 2.45) is 0 Å². The molecule has 3 heterocycles. The molecule has 0 N–H and O–H groups in total. The van der Waals surface area contributed by atoms with Gasteiger partial charge in [0.05, 0.1) is 6.54 Å². The number of halogens is 2. The van der Waals surface area contributed by atoms with Crippen molar-refractivity contribution in [3.05, 3.63) is 57.6 Å². The van der Waals surface area contributed by atoms with E-state index < -0.39 is 0 Å². The van der Waals surface area contributed by atoms with Crippen molar-refractivity contribution >= 4 is 29.3 Å². The first-order valence-corrected chi connectivity index (χ1v) is 11.5. The van der Waals surface area contributed by atoms with E-state index in [1.165, 1.54) is 0 Å². The summed E-state index contributed by atoms with van der Waals surface area (Å²) in [6, 6.07) is 11.8. The van der Waals surface area contributed by atoms with Crippen LogP contribution in [0.4, 0.5) is 4.79 Å². The highest BCUT2D eigenvalue weighted by Gasteiger charge is 2.31. The molecule has 1 atom stereocenters. The van der Waals surface area contributed by atoms with Crippen LogP contribution in [-0.4, -0.2) is 73.2 Å². The normalized spacial score (nSPS) is 21.8. The molecule has 5 rings (SSSR count). The first-order valence-electron chi connectivity index (χ1n) is 10.7. The lowest BCUT2D eigenvalue weighted by atomic mass is 9.96. The van der Waals surface area contributed by atoms with Gasteiger partial charge in [0, 0.05) is 60.9 Å². The van der Waals surface area contributed by atoms with Crippen LogP contribution in [-0.2, 0) is 11.2 Å². The van der Waals surface area contributed by atoms with E-state index in [1.807, 2.05) is 36.4 Å². The van der Waals surface area contributed by atoms with Crippen molar-refractivity contribution in [1.82, 2.24) is 14.7 Å². The van der Waals surface area contributed by atoms with Crippen LogP contribution in [0.1, 0.15) is 17.2 Å². The van der Waals surface area contributed by atoms with E-state index in [0.29, 0.717) is 18.2 Å². The van der Waals surface area contributed by atoms with Gasteiger partial charge in [0.25, 0.3) is 0 Å². The quantitative estimate of drug-likeness (QED) is 0.672. The van der Waals surface area contributed by atoms with Crippen LogP contribution in [0, 0.1) is 0 Å². The van der Waals surface area contributed by atoms with Crippen molar-refractivity contribution in [3.8, 4) is 11.5 Å². The number of amides is 1. The number of nitrogens with zero attached hydrogens (tertiary/aromatic N) is 3. The third-order valence-electron chi connectivity index (χ3n) is 6.37. The summed E-state index contributed by atoms with van der Waals surface area (Å²) in [6.07, 6.45) is 0.631. The van der Waals surface area contributed by atoms with Gasteiger partial charge in [0.2, 0.25) is 0 Å². The number of hydrogen-bond acceptors (Lipinski definition) is 5. The predicted molar refractivity (Wildman–Crippen MR) is 120 cm³/mol. The van der Waals surface area contributed by atoms with Crippen LogP contribution >= 0.6 is 23.2 Å². The first kappa shape index (κ1) is 20.9. The van der Waals surface area contributed by atoms with Crippen molar-refractivity contribution in [1.29, 1.82) is 0 Å². The fourth-order valence-electron chi connectivity index (χ4n) is 4.63. The third kappa shape index (κ3) is 4.48. The van der Waals surface area contributed by atoms with E-state index in [1.54, 1.807) is 4.90 Å². The van der Waals surface area contributed by atoms with Gasteiger partial charge in [-0.25, -0.2) is 4.79 Å². The number of fused-ring (bicyclic) bond motifs is 2. The molecule has 0 radical (unpaired) electrons. The Morgan fingerprint density at radius 3 is 2.39 bits per heavy atom. The molecule has 2 aromatic carbocycles. The fraction of sp³-hybridized carbons (Fsp3) is 0.435. The highest BCUT2D eigenvalue weighted by atomic mass is 35.5. The molecule has 1 amide bonds. The Morgan fingerprint density at radius 2 is 1.65 bits per heavy atom. The van der Waals surface area contributed by atoms with Crippen molar-refractivity contribution in [2.45, 2.75) is 12.5 Å². The molecule has 0 spiro atoms. The van der Waals surface area contributed by atoms with E-state index in [0.717, 1.165) is 73.3 Å². The second-order valence-electron chi connectivity index (χ2n) is 8.24. The molecule has 2 fully saturated rings. The highest BCUT2D eigenvalue weighted by Crippen LogP contribution is 2.42. The van der Waals surface area contributed by atoms with E-state index in [9.17, 15) is 4.79 Å². The SMILES string of the molecule is O=C1OCCN1CCN1CCN(C2Cc3cc(Cl)ccc3Oc3ccc(Cl)cc32)CC1. The van der Waals surface area contributed by atoms with Gasteiger partial charge in [0.15, 0.2) is 0 Å². The Morgan fingerprint density at radius 1 is 0.903 bits per heavy atom. The number of carbonyl (C=O) groups excluding carboxylic acids is 1. The van der Waals surface area contributed by atoms with Gasteiger partial charge in [-0.15, -0.1) is 0 Å². The van der Waals surface area contributed by atoms with Crippen molar-refractivity contribution in [2.75, 3.05) is 52.4 Å². The van der Waals surface area contributed by atoms with Crippen LogP contribution in [0.2, 0.25) is 10.0 Å². The molecule has 3 aliphatic heterocycles. The Labute approximate surface area is 192 Å². The topological polar surface area (TPSA) is 45.2 Å². The van der Waals surface area contributed by atoms with Gasteiger partial charge < -0.3 is 14.4 Å². The molecule has 1 unspecified atom stereocenters. The summed E-state index contributed by atoms with van der Waals surface area (Å²) in [5, 5.41) is 1.43. The van der Waals surface area contributed by atoms with Crippen LogP contribution in [0.15, 0.2) is 36.4 Å². The Balaban J connectivity index is 1.31. The zero-order valence-electron chi connectivity index (χ0n) is 17.2. The maximum Gasteiger partial charge on any atom is 0.409 e. The largest absolute Gasteiger partial charge is 0.457 e. The summed E-state index contributed by atoms with van der Waals surface area (Å²) >= 11 is 12.6. The minimum atomic E-state index is -0.192. The molecule has 0 bridgehead atoms. The molecule has 8 heteroatoms. The lowest BCUT2D eigenvalue weighted by molar-refractivity contribution is 0.0898.